The van der Waals surface area contributed by atoms with Crippen LogP contribution in [0.2, 0.25) is 5.02 Å². The molecule has 0 aliphatic carbocycles. The zero-order valence-corrected chi connectivity index (χ0v) is 16.2. The fraction of sp³-hybridized carbons (Fsp3) is 0.353. The maximum absolute atomic E-state index is 13.3. The van der Waals surface area contributed by atoms with Gasteiger partial charge in [0.05, 0.1) is 15.5 Å². The van der Waals surface area contributed by atoms with Crippen LogP contribution in [0.5, 0.6) is 0 Å². The molecule has 1 fully saturated rings. The van der Waals surface area contributed by atoms with Gasteiger partial charge in [0.25, 0.3) is 0 Å². The number of hydrogen-bond acceptors (Lipinski definition) is 4. The lowest BCUT2D eigenvalue weighted by Gasteiger charge is -2.35. The summed E-state index contributed by atoms with van der Waals surface area (Å²) in [5.41, 5.74) is -0.649. The van der Waals surface area contributed by atoms with Gasteiger partial charge in [-0.1, -0.05) is 11.6 Å². The van der Waals surface area contributed by atoms with Crippen molar-refractivity contribution >= 4 is 27.4 Å². The predicted octanol–water partition coefficient (Wildman–Crippen LogP) is 3.71. The Kier molecular flexibility index (Phi) is 5.57. The van der Waals surface area contributed by atoms with Crippen molar-refractivity contribution in [2.24, 2.45) is 0 Å². The van der Waals surface area contributed by atoms with E-state index in [1.165, 1.54) is 17.3 Å². The summed E-state index contributed by atoms with van der Waals surface area (Å²) in [6.07, 6.45) is -3.85. The Morgan fingerprint density at radius 1 is 1.11 bits per heavy atom. The molecule has 5 nitrogen and oxygen atoms in total. The van der Waals surface area contributed by atoms with Crippen molar-refractivity contribution in [3.05, 3.63) is 52.4 Å². The van der Waals surface area contributed by atoms with E-state index in [4.69, 9.17) is 11.6 Å². The molecule has 3 rings (SSSR count). The maximum Gasteiger partial charge on any atom is 0.417 e. The molecule has 28 heavy (non-hydrogen) atoms. The van der Waals surface area contributed by atoms with E-state index in [9.17, 15) is 26.0 Å². The Morgan fingerprint density at radius 2 is 1.75 bits per heavy atom. The van der Waals surface area contributed by atoms with Gasteiger partial charge in [-0.15, -0.1) is 0 Å². The number of sulfonamides is 1. The minimum Gasteiger partial charge on any atom is -0.353 e. The molecule has 0 amide bonds. The van der Waals surface area contributed by atoms with Crippen molar-refractivity contribution in [2.45, 2.75) is 18.0 Å². The molecule has 1 aliphatic rings. The molecule has 2 heterocycles. The minimum absolute atomic E-state index is 0.0213. The molecule has 0 bridgehead atoms. The number of nitrogens with zero attached hydrogens (tertiary/aromatic N) is 3. The first-order valence-corrected chi connectivity index (χ1v) is 10.1. The summed E-state index contributed by atoms with van der Waals surface area (Å²) in [7, 11) is -3.81. The third kappa shape index (κ3) is 4.08. The number of aromatic nitrogens is 1. The highest BCUT2D eigenvalue weighted by Crippen LogP contribution is 2.34. The fourth-order valence-electron chi connectivity index (χ4n) is 3.00. The third-order valence-corrected chi connectivity index (χ3v) is 6.78. The van der Waals surface area contributed by atoms with E-state index in [0.29, 0.717) is 11.8 Å². The molecule has 0 spiro atoms. The molecular formula is C17H16ClF4N3O2S. The summed E-state index contributed by atoms with van der Waals surface area (Å²) < 4.78 is 78.3. The second kappa shape index (κ2) is 7.49. The molecule has 0 atom stereocenters. The highest BCUT2D eigenvalue weighted by Gasteiger charge is 2.33. The molecule has 0 unspecified atom stereocenters. The number of piperazine rings is 1. The van der Waals surface area contributed by atoms with Crippen LogP contribution in [-0.4, -0.2) is 43.9 Å². The zero-order valence-electron chi connectivity index (χ0n) is 14.7. The SMILES string of the molecule is Cc1cc(F)ccc1S(=O)(=O)N1CCN(c2ncc(C(F)(F)F)cc2Cl)CC1. The minimum atomic E-state index is -4.55. The van der Waals surface area contributed by atoms with E-state index in [1.54, 1.807) is 4.90 Å². The van der Waals surface area contributed by atoms with Crippen LogP contribution in [0.4, 0.5) is 23.4 Å². The largest absolute Gasteiger partial charge is 0.417 e. The van der Waals surface area contributed by atoms with E-state index in [-0.39, 0.29) is 41.9 Å². The van der Waals surface area contributed by atoms with Crippen LogP contribution in [0.15, 0.2) is 35.4 Å². The van der Waals surface area contributed by atoms with Crippen molar-refractivity contribution in [1.29, 1.82) is 0 Å². The quantitative estimate of drug-likeness (QED) is 0.687. The first-order valence-electron chi connectivity index (χ1n) is 8.24. The van der Waals surface area contributed by atoms with Crippen molar-refractivity contribution in [2.75, 3.05) is 31.1 Å². The van der Waals surface area contributed by atoms with Gasteiger partial charge in [0.2, 0.25) is 10.0 Å². The highest BCUT2D eigenvalue weighted by atomic mass is 35.5. The molecule has 1 aromatic heterocycles. The molecule has 0 N–H and O–H groups in total. The molecular weight excluding hydrogens is 422 g/mol. The molecule has 0 saturated carbocycles. The second-order valence-electron chi connectivity index (χ2n) is 6.33. The van der Waals surface area contributed by atoms with Gasteiger partial charge < -0.3 is 4.90 Å². The van der Waals surface area contributed by atoms with Gasteiger partial charge >= 0.3 is 6.18 Å². The molecule has 152 valence electrons. The zero-order chi connectivity index (χ0) is 20.7. The summed E-state index contributed by atoms with van der Waals surface area (Å²) in [6.45, 7) is 2.11. The van der Waals surface area contributed by atoms with Crippen LogP contribution < -0.4 is 4.90 Å². The van der Waals surface area contributed by atoms with E-state index in [2.05, 4.69) is 4.98 Å². The van der Waals surface area contributed by atoms with E-state index >= 15 is 0 Å². The molecule has 0 radical (unpaired) electrons. The van der Waals surface area contributed by atoms with Gasteiger partial charge in [-0.3, -0.25) is 0 Å². The summed E-state index contributed by atoms with van der Waals surface area (Å²) >= 11 is 5.96. The number of rotatable bonds is 3. The van der Waals surface area contributed by atoms with Crippen molar-refractivity contribution in [3.8, 4) is 0 Å². The number of halogens is 5. The monoisotopic (exact) mass is 437 g/mol. The second-order valence-corrected chi connectivity index (χ2v) is 8.64. The van der Waals surface area contributed by atoms with Crippen LogP contribution in [-0.2, 0) is 16.2 Å². The first-order chi connectivity index (χ1) is 13.0. The molecule has 1 aromatic carbocycles. The lowest BCUT2D eigenvalue weighted by Crippen LogP contribution is -2.49. The number of alkyl halides is 3. The number of hydrogen-bond donors (Lipinski definition) is 0. The van der Waals surface area contributed by atoms with Crippen molar-refractivity contribution < 1.29 is 26.0 Å². The van der Waals surface area contributed by atoms with E-state index in [0.717, 1.165) is 18.2 Å². The highest BCUT2D eigenvalue weighted by molar-refractivity contribution is 7.89. The van der Waals surface area contributed by atoms with E-state index in [1.807, 2.05) is 0 Å². The van der Waals surface area contributed by atoms with Crippen LogP contribution in [0.25, 0.3) is 0 Å². The molecule has 11 heteroatoms. The topological polar surface area (TPSA) is 53.5 Å². The normalized spacial score (nSPS) is 16.4. The fourth-order valence-corrected chi connectivity index (χ4v) is 4.91. The van der Waals surface area contributed by atoms with Crippen molar-refractivity contribution in [3.63, 3.8) is 0 Å². The van der Waals surface area contributed by atoms with Gasteiger partial charge in [0.1, 0.15) is 11.6 Å². The summed E-state index contributed by atoms with van der Waals surface area (Å²) in [5.74, 6) is -0.353. The third-order valence-electron chi connectivity index (χ3n) is 4.44. The predicted molar refractivity (Wildman–Crippen MR) is 96.4 cm³/mol. The van der Waals surface area contributed by atoms with Crippen molar-refractivity contribution in [1.82, 2.24) is 9.29 Å². The lowest BCUT2D eigenvalue weighted by molar-refractivity contribution is -0.137. The smallest absolute Gasteiger partial charge is 0.353 e. The number of aryl methyl sites for hydroxylation is 1. The average Bonchev–Trinajstić information content (AvgIpc) is 2.60. The maximum atomic E-state index is 13.3. The van der Waals surface area contributed by atoms with Gasteiger partial charge in [-0.25, -0.2) is 17.8 Å². The summed E-state index contributed by atoms with van der Waals surface area (Å²) in [5, 5.41) is -0.152. The standard InChI is InChI=1S/C17H16ClF4N3O2S/c1-11-8-13(19)2-3-15(11)28(26,27)25-6-4-24(5-7-25)16-14(18)9-12(10-23-16)17(20,21)22/h2-3,8-10H,4-7H2,1H3. The van der Waals surface area contributed by atoms with Gasteiger partial charge in [-0.2, -0.15) is 17.5 Å². The molecule has 1 saturated heterocycles. The average molecular weight is 438 g/mol. The lowest BCUT2D eigenvalue weighted by atomic mass is 10.2. The van der Waals surface area contributed by atoms with Crippen LogP contribution in [0.3, 0.4) is 0 Å². The molecule has 2 aromatic rings. The number of benzene rings is 1. The first kappa shape index (κ1) is 20.8. The Balaban J connectivity index is 1.76. The van der Waals surface area contributed by atoms with Gasteiger partial charge in [0.15, 0.2) is 0 Å². The van der Waals surface area contributed by atoms with Gasteiger partial charge in [0, 0.05) is 32.4 Å². The number of pyridine rings is 1. The summed E-state index contributed by atoms with van der Waals surface area (Å²) in [6, 6.07) is 4.26. The van der Waals surface area contributed by atoms with E-state index < -0.39 is 27.6 Å². The summed E-state index contributed by atoms with van der Waals surface area (Å²) in [4.78, 5) is 5.45. The van der Waals surface area contributed by atoms with Crippen LogP contribution in [0.1, 0.15) is 11.1 Å². The van der Waals surface area contributed by atoms with Gasteiger partial charge in [-0.05, 0) is 36.8 Å². The van der Waals surface area contributed by atoms with Crippen LogP contribution >= 0.6 is 11.6 Å². The Labute approximate surface area is 164 Å². The molecule has 1 aliphatic heterocycles. The van der Waals surface area contributed by atoms with Crippen LogP contribution in [0, 0.1) is 12.7 Å². The Hall–Kier alpha value is -1.91. The number of anilines is 1. The Bertz CT molecular complexity index is 990. The Morgan fingerprint density at radius 3 is 2.29 bits per heavy atom.